The Morgan fingerprint density at radius 3 is 2.14 bits per heavy atom. The van der Waals surface area contributed by atoms with Gasteiger partial charge in [-0.25, -0.2) is 4.99 Å². The maximum Gasteiger partial charge on any atom is 0.105 e. The fourth-order valence-electron chi connectivity index (χ4n) is 4.76. The number of nitrogens with zero attached hydrogens (tertiary/aromatic N) is 2. The zero-order chi connectivity index (χ0) is 19.0. The Labute approximate surface area is 171 Å². The van der Waals surface area contributed by atoms with E-state index in [4.69, 9.17) is 16.6 Å². The van der Waals surface area contributed by atoms with E-state index in [2.05, 4.69) is 71.6 Å². The fourth-order valence-corrected chi connectivity index (χ4v) is 4.99. The van der Waals surface area contributed by atoms with Crippen LogP contribution in [-0.2, 0) is 12.0 Å². The van der Waals surface area contributed by atoms with Crippen molar-refractivity contribution in [1.82, 2.24) is 4.90 Å². The molecule has 2 nitrogen and oxygen atoms in total. The zero-order valence-electron chi connectivity index (χ0n) is 15.8. The lowest BCUT2D eigenvalue weighted by molar-refractivity contribution is 0.364. The summed E-state index contributed by atoms with van der Waals surface area (Å²) in [7, 11) is 0. The van der Waals surface area contributed by atoms with E-state index in [1.165, 1.54) is 17.0 Å². The molecule has 0 aliphatic carbocycles. The maximum atomic E-state index is 6.47. The third kappa shape index (κ3) is 2.93. The second kappa shape index (κ2) is 7.10. The third-order valence-electron chi connectivity index (χ3n) is 6.29. The first-order valence-corrected chi connectivity index (χ1v) is 10.3. The molecule has 2 aliphatic heterocycles. The Balaban J connectivity index is 1.56. The Kier molecular flexibility index (Phi) is 4.44. The molecule has 2 aliphatic rings. The first kappa shape index (κ1) is 17.5. The minimum Gasteiger partial charge on any atom is -0.356 e. The van der Waals surface area contributed by atoms with Crippen molar-refractivity contribution in [3.63, 3.8) is 0 Å². The van der Waals surface area contributed by atoms with Crippen molar-refractivity contribution in [2.75, 3.05) is 6.54 Å². The van der Waals surface area contributed by atoms with Crippen LogP contribution in [0.3, 0.4) is 0 Å². The lowest BCUT2D eigenvalue weighted by Gasteiger charge is -2.34. The van der Waals surface area contributed by atoms with Crippen molar-refractivity contribution in [3.8, 4) is 0 Å². The van der Waals surface area contributed by atoms with Gasteiger partial charge in [0.25, 0.3) is 0 Å². The second-order valence-electron chi connectivity index (χ2n) is 7.75. The summed E-state index contributed by atoms with van der Waals surface area (Å²) in [6.07, 6.45) is 3.10. The summed E-state index contributed by atoms with van der Waals surface area (Å²) >= 11 is 6.47. The van der Waals surface area contributed by atoms with Crippen LogP contribution in [-0.4, -0.2) is 17.3 Å². The van der Waals surface area contributed by atoms with Crippen LogP contribution in [0.4, 0.5) is 5.69 Å². The smallest absolute Gasteiger partial charge is 0.105 e. The van der Waals surface area contributed by atoms with Crippen LogP contribution in [0.15, 0.2) is 83.9 Å². The van der Waals surface area contributed by atoms with Crippen molar-refractivity contribution >= 4 is 23.1 Å². The van der Waals surface area contributed by atoms with Crippen LogP contribution >= 0.6 is 11.6 Å². The van der Waals surface area contributed by atoms with E-state index in [-0.39, 0.29) is 5.41 Å². The summed E-state index contributed by atoms with van der Waals surface area (Å²) in [5, 5.41) is 0.821. The molecule has 0 aromatic heterocycles. The van der Waals surface area contributed by atoms with Crippen molar-refractivity contribution in [2.45, 2.75) is 31.2 Å². The predicted octanol–water partition coefficient (Wildman–Crippen LogP) is 6.36. The molecule has 2 heterocycles. The molecule has 140 valence electrons. The molecule has 0 spiro atoms. The summed E-state index contributed by atoms with van der Waals surface area (Å²) < 4.78 is 0. The number of halogens is 1. The molecule has 28 heavy (non-hydrogen) atoms. The van der Waals surface area contributed by atoms with Gasteiger partial charge in [-0.1, -0.05) is 78.3 Å². The van der Waals surface area contributed by atoms with E-state index in [1.54, 1.807) is 0 Å². The van der Waals surface area contributed by atoms with Gasteiger partial charge < -0.3 is 4.90 Å². The molecule has 5 rings (SSSR count). The Bertz CT molecular complexity index is 972. The molecule has 0 saturated carbocycles. The van der Waals surface area contributed by atoms with E-state index < -0.39 is 0 Å². The molecule has 0 unspecified atom stereocenters. The van der Waals surface area contributed by atoms with Gasteiger partial charge in [-0.05, 0) is 36.1 Å². The highest BCUT2D eigenvalue weighted by molar-refractivity contribution is 6.31. The molecular formula is C25H23ClN2. The Morgan fingerprint density at radius 2 is 1.46 bits per heavy atom. The molecule has 0 N–H and O–H groups in total. The van der Waals surface area contributed by atoms with Crippen molar-refractivity contribution < 1.29 is 0 Å². The lowest BCUT2D eigenvalue weighted by Crippen LogP contribution is -2.33. The van der Waals surface area contributed by atoms with Crippen LogP contribution in [0.2, 0.25) is 5.02 Å². The first-order chi connectivity index (χ1) is 13.8. The number of hydrogen-bond acceptors (Lipinski definition) is 2. The van der Waals surface area contributed by atoms with E-state index in [0.29, 0.717) is 0 Å². The highest BCUT2D eigenvalue weighted by Crippen LogP contribution is 2.44. The molecule has 3 heteroatoms. The fraction of sp³-hybridized carbons (Fsp3) is 0.240. The Morgan fingerprint density at radius 1 is 0.786 bits per heavy atom. The number of benzene rings is 3. The van der Waals surface area contributed by atoms with E-state index >= 15 is 0 Å². The number of hydrogen-bond donors (Lipinski definition) is 0. The van der Waals surface area contributed by atoms with Gasteiger partial charge in [0.2, 0.25) is 0 Å². The summed E-state index contributed by atoms with van der Waals surface area (Å²) in [6, 6.07) is 28.0. The molecule has 0 atom stereocenters. The highest BCUT2D eigenvalue weighted by atomic mass is 35.5. The molecule has 1 saturated heterocycles. The standard InChI is InChI=1S/C25H23ClN2/c26-22-12-7-13-23-21(22)18-28-17-16-25(15-14-24(28)27-23,19-8-3-1-4-9-19)20-10-5-2-6-11-20/h1-13H,14-18H2. The molecule has 1 fully saturated rings. The zero-order valence-corrected chi connectivity index (χ0v) is 16.6. The summed E-state index contributed by atoms with van der Waals surface area (Å²) in [5.74, 6) is 1.20. The average Bonchev–Trinajstić information content (AvgIpc) is 2.94. The van der Waals surface area contributed by atoms with E-state index in [9.17, 15) is 0 Å². The van der Waals surface area contributed by atoms with Gasteiger partial charge in [0, 0.05) is 35.5 Å². The van der Waals surface area contributed by atoms with Crippen LogP contribution in [0.25, 0.3) is 0 Å². The van der Waals surface area contributed by atoms with Crippen LogP contribution in [0, 0.1) is 0 Å². The molecule has 0 bridgehead atoms. The summed E-state index contributed by atoms with van der Waals surface area (Å²) in [6.45, 7) is 1.83. The van der Waals surface area contributed by atoms with Gasteiger partial charge in [0.05, 0.1) is 5.69 Å². The van der Waals surface area contributed by atoms with Gasteiger partial charge in [0.15, 0.2) is 0 Å². The normalized spacial score (nSPS) is 17.9. The number of aliphatic imine (C=N–C) groups is 1. The second-order valence-corrected chi connectivity index (χ2v) is 8.16. The predicted molar refractivity (Wildman–Crippen MR) is 116 cm³/mol. The van der Waals surface area contributed by atoms with Gasteiger partial charge in [-0.3, -0.25) is 0 Å². The third-order valence-corrected chi connectivity index (χ3v) is 6.65. The van der Waals surface area contributed by atoms with Gasteiger partial charge in [-0.15, -0.1) is 0 Å². The number of rotatable bonds is 2. The molecule has 0 amide bonds. The van der Waals surface area contributed by atoms with Crippen LogP contribution in [0.5, 0.6) is 0 Å². The van der Waals surface area contributed by atoms with Crippen LogP contribution in [0.1, 0.15) is 36.0 Å². The largest absolute Gasteiger partial charge is 0.356 e. The number of fused-ring (bicyclic) bond motifs is 2. The summed E-state index contributed by atoms with van der Waals surface area (Å²) in [5.41, 5.74) is 5.00. The SMILES string of the molecule is Clc1cccc2c1CN1CCC(c3ccccc3)(c3ccccc3)CCC1=N2. The lowest BCUT2D eigenvalue weighted by atomic mass is 9.69. The molecule has 3 aromatic carbocycles. The van der Waals surface area contributed by atoms with Gasteiger partial charge >= 0.3 is 0 Å². The van der Waals surface area contributed by atoms with E-state index in [0.717, 1.165) is 48.6 Å². The van der Waals surface area contributed by atoms with Crippen molar-refractivity contribution in [1.29, 1.82) is 0 Å². The first-order valence-electron chi connectivity index (χ1n) is 9.97. The van der Waals surface area contributed by atoms with Crippen LogP contribution < -0.4 is 0 Å². The minimum absolute atomic E-state index is 0.0123. The average molecular weight is 387 g/mol. The molecule has 3 aromatic rings. The Hall–Kier alpha value is -2.58. The topological polar surface area (TPSA) is 15.6 Å². The monoisotopic (exact) mass is 386 g/mol. The van der Waals surface area contributed by atoms with Crippen molar-refractivity contribution in [3.05, 3.63) is 101 Å². The molecule has 0 radical (unpaired) electrons. The highest BCUT2D eigenvalue weighted by Gasteiger charge is 2.38. The summed E-state index contributed by atoms with van der Waals surface area (Å²) in [4.78, 5) is 7.43. The quantitative estimate of drug-likeness (QED) is 0.500. The number of amidine groups is 1. The van der Waals surface area contributed by atoms with Gasteiger partial charge in [-0.2, -0.15) is 0 Å². The minimum atomic E-state index is 0.0123. The molecular weight excluding hydrogens is 364 g/mol. The maximum absolute atomic E-state index is 6.47. The van der Waals surface area contributed by atoms with E-state index in [1.807, 2.05) is 12.1 Å². The van der Waals surface area contributed by atoms with Gasteiger partial charge in [0.1, 0.15) is 5.84 Å². The van der Waals surface area contributed by atoms with Crippen molar-refractivity contribution in [2.24, 2.45) is 4.99 Å².